The maximum atomic E-state index is 3.52. The average molecular weight is 170 g/mol. The van der Waals surface area contributed by atoms with E-state index in [1.54, 1.807) is 0 Å². The summed E-state index contributed by atoms with van der Waals surface area (Å²) in [4.78, 5) is 2.42. The van der Waals surface area contributed by atoms with Crippen molar-refractivity contribution in [3.8, 4) is 0 Å². The minimum absolute atomic E-state index is 0.782. The minimum atomic E-state index is 0.782. The normalized spacial score (nSPS) is 25.5. The van der Waals surface area contributed by atoms with E-state index in [9.17, 15) is 0 Å². The van der Waals surface area contributed by atoms with Gasteiger partial charge in [0.05, 0.1) is 0 Å². The molecule has 12 heavy (non-hydrogen) atoms. The summed E-state index contributed by atoms with van der Waals surface area (Å²) in [7, 11) is 2.21. The molecule has 0 bridgehead atoms. The molecule has 0 aliphatic carbocycles. The molecule has 72 valence electrons. The van der Waals surface area contributed by atoms with Crippen LogP contribution in [-0.2, 0) is 0 Å². The Bertz CT molecular complexity index is 123. The summed E-state index contributed by atoms with van der Waals surface area (Å²) in [5.74, 6) is 1.68. The van der Waals surface area contributed by atoms with Crippen molar-refractivity contribution in [2.75, 3.05) is 33.2 Å². The van der Waals surface area contributed by atoms with Crippen molar-refractivity contribution in [2.45, 2.75) is 20.3 Å². The largest absolute Gasteiger partial charge is 0.316 e. The average Bonchev–Trinajstić information content (AvgIpc) is 2.35. The Kier molecular flexibility index (Phi) is 4.02. The molecule has 0 saturated carbocycles. The Hall–Kier alpha value is -0.0800. The van der Waals surface area contributed by atoms with Crippen molar-refractivity contribution in [3.05, 3.63) is 0 Å². The van der Waals surface area contributed by atoms with Crippen molar-refractivity contribution in [1.29, 1.82) is 0 Å². The summed E-state index contributed by atoms with van der Waals surface area (Å²) in [5, 5.41) is 3.52. The van der Waals surface area contributed by atoms with Crippen LogP contribution in [0.25, 0.3) is 0 Å². The van der Waals surface area contributed by atoms with E-state index in [4.69, 9.17) is 0 Å². The van der Waals surface area contributed by atoms with E-state index in [2.05, 4.69) is 31.1 Å². The quantitative estimate of drug-likeness (QED) is 0.681. The zero-order valence-corrected chi connectivity index (χ0v) is 8.64. The van der Waals surface area contributed by atoms with Gasteiger partial charge in [-0.25, -0.2) is 0 Å². The molecular weight excluding hydrogens is 148 g/mol. The van der Waals surface area contributed by atoms with Gasteiger partial charge in [0.15, 0.2) is 0 Å². The number of hydrogen-bond acceptors (Lipinski definition) is 2. The van der Waals surface area contributed by atoms with Crippen LogP contribution in [0.4, 0.5) is 0 Å². The molecule has 1 N–H and O–H groups in total. The van der Waals surface area contributed by atoms with Crippen LogP contribution < -0.4 is 5.32 Å². The fourth-order valence-electron chi connectivity index (χ4n) is 1.77. The van der Waals surface area contributed by atoms with Crippen molar-refractivity contribution in [3.63, 3.8) is 0 Å². The van der Waals surface area contributed by atoms with E-state index in [-0.39, 0.29) is 0 Å². The smallest absolute Gasteiger partial charge is 0.00192 e. The number of nitrogens with one attached hydrogen (secondary N) is 1. The standard InChI is InChI=1S/C10H22N2/c1-9(2)6-11-7-10-4-5-12(3)8-10/h9-11H,4-8H2,1-3H3. The molecular formula is C10H22N2. The molecule has 0 spiro atoms. The summed E-state index contributed by atoms with van der Waals surface area (Å²) in [5.41, 5.74) is 0. The van der Waals surface area contributed by atoms with E-state index in [1.807, 2.05) is 0 Å². The molecule has 1 fully saturated rings. The van der Waals surface area contributed by atoms with Gasteiger partial charge in [0.2, 0.25) is 0 Å². The molecule has 0 aromatic rings. The molecule has 0 aromatic carbocycles. The predicted octanol–water partition coefficient (Wildman–Crippen LogP) is 1.18. The molecule has 2 nitrogen and oxygen atoms in total. The first-order valence-electron chi connectivity index (χ1n) is 5.07. The third-order valence-corrected chi connectivity index (χ3v) is 2.47. The lowest BCUT2D eigenvalue weighted by Crippen LogP contribution is -2.27. The van der Waals surface area contributed by atoms with Gasteiger partial charge in [-0.05, 0) is 44.9 Å². The predicted molar refractivity (Wildman–Crippen MR) is 53.3 cm³/mol. The van der Waals surface area contributed by atoms with Gasteiger partial charge in [0.25, 0.3) is 0 Å². The van der Waals surface area contributed by atoms with Gasteiger partial charge in [0, 0.05) is 6.54 Å². The van der Waals surface area contributed by atoms with Gasteiger partial charge in [-0.2, -0.15) is 0 Å². The van der Waals surface area contributed by atoms with Crippen LogP contribution in [0.5, 0.6) is 0 Å². The number of nitrogens with zero attached hydrogens (tertiary/aromatic N) is 1. The van der Waals surface area contributed by atoms with E-state index in [0.29, 0.717) is 0 Å². The third kappa shape index (κ3) is 3.55. The fourth-order valence-corrected chi connectivity index (χ4v) is 1.77. The lowest BCUT2D eigenvalue weighted by atomic mass is 10.1. The highest BCUT2D eigenvalue weighted by atomic mass is 15.1. The van der Waals surface area contributed by atoms with Gasteiger partial charge < -0.3 is 10.2 Å². The topological polar surface area (TPSA) is 15.3 Å². The zero-order valence-electron chi connectivity index (χ0n) is 8.64. The molecule has 0 radical (unpaired) electrons. The molecule has 1 rings (SSSR count). The molecule has 0 amide bonds. The zero-order chi connectivity index (χ0) is 8.97. The molecule has 2 heteroatoms. The number of rotatable bonds is 4. The monoisotopic (exact) mass is 170 g/mol. The maximum absolute atomic E-state index is 3.52. The Balaban J connectivity index is 2.00. The van der Waals surface area contributed by atoms with Gasteiger partial charge in [0.1, 0.15) is 0 Å². The second kappa shape index (κ2) is 4.83. The van der Waals surface area contributed by atoms with Crippen LogP contribution >= 0.6 is 0 Å². The van der Waals surface area contributed by atoms with Gasteiger partial charge in [-0.1, -0.05) is 13.8 Å². The molecule has 1 saturated heterocycles. The van der Waals surface area contributed by atoms with Gasteiger partial charge in [-0.15, -0.1) is 0 Å². The summed E-state index contributed by atoms with van der Waals surface area (Å²) in [6.45, 7) is 9.46. The van der Waals surface area contributed by atoms with E-state index >= 15 is 0 Å². The molecule has 1 aliphatic rings. The first-order valence-corrected chi connectivity index (χ1v) is 5.07. The highest BCUT2D eigenvalue weighted by Crippen LogP contribution is 2.12. The highest BCUT2D eigenvalue weighted by molar-refractivity contribution is 4.74. The summed E-state index contributed by atoms with van der Waals surface area (Å²) >= 11 is 0. The Morgan fingerprint density at radius 3 is 2.75 bits per heavy atom. The third-order valence-electron chi connectivity index (χ3n) is 2.47. The number of hydrogen-bond donors (Lipinski definition) is 1. The first kappa shape index (κ1) is 10.0. The van der Waals surface area contributed by atoms with Crippen molar-refractivity contribution in [2.24, 2.45) is 11.8 Å². The van der Waals surface area contributed by atoms with Crippen LogP contribution in [0.3, 0.4) is 0 Å². The summed E-state index contributed by atoms with van der Waals surface area (Å²) in [6.07, 6.45) is 1.38. The van der Waals surface area contributed by atoms with E-state index in [0.717, 1.165) is 11.8 Å². The highest BCUT2D eigenvalue weighted by Gasteiger charge is 2.18. The Morgan fingerprint density at radius 1 is 1.50 bits per heavy atom. The molecule has 1 atom stereocenters. The van der Waals surface area contributed by atoms with Crippen molar-refractivity contribution in [1.82, 2.24) is 10.2 Å². The van der Waals surface area contributed by atoms with Crippen molar-refractivity contribution >= 4 is 0 Å². The Labute approximate surface area is 76.3 Å². The lowest BCUT2D eigenvalue weighted by Gasteiger charge is -2.12. The second-order valence-electron chi connectivity index (χ2n) is 4.47. The van der Waals surface area contributed by atoms with Gasteiger partial charge in [-0.3, -0.25) is 0 Å². The second-order valence-corrected chi connectivity index (χ2v) is 4.47. The molecule has 1 aliphatic heterocycles. The fraction of sp³-hybridized carbons (Fsp3) is 1.00. The van der Waals surface area contributed by atoms with Crippen LogP contribution in [0.2, 0.25) is 0 Å². The first-order chi connectivity index (χ1) is 5.68. The molecule has 1 unspecified atom stereocenters. The summed E-state index contributed by atoms with van der Waals surface area (Å²) in [6, 6.07) is 0. The number of likely N-dealkylation sites (tertiary alicyclic amines) is 1. The van der Waals surface area contributed by atoms with Crippen LogP contribution in [0.1, 0.15) is 20.3 Å². The van der Waals surface area contributed by atoms with Gasteiger partial charge >= 0.3 is 0 Å². The molecule has 0 aromatic heterocycles. The SMILES string of the molecule is CC(C)CNCC1CCN(C)C1. The minimum Gasteiger partial charge on any atom is -0.316 e. The maximum Gasteiger partial charge on any atom is 0.00192 e. The van der Waals surface area contributed by atoms with E-state index < -0.39 is 0 Å². The summed E-state index contributed by atoms with van der Waals surface area (Å²) < 4.78 is 0. The van der Waals surface area contributed by atoms with Crippen molar-refractivity contribution < 1.29 is 0 Å². The lowest BCUT2D eigenvalue weighted by molar-refractivity contribution is 0.384. The Morgan fingerprint density at radius 2 is 2.25 bits per heavy atom. The van der Waals surface area contributed by atoms with Crippen LogP contribution in [0.15, 0.2) is 0 Å². The van der Waals surface area contributed by atoms with Crippen LogP contribution in [0, 0.1) is 11.8 Å². The van der Waals surface area contributed by atoms with Crippen LogP contribution in [-0.4, -0.2) is 38.1 Å². The van der Waals surface area contributed by atoms with E-state index in [1.165, 1.54) is 32.6 Å². The molecule has 1 heterocycles.